The van der Waals surface area contributed by atoms with Gasteiger partial charge in [-0.1, -0.05) is 23.2 Å². The average Bonchev–Trinajstić information content (AvgIpc) is 2.36. The third-order valence-corrected chi connectivity index (χ3v) is 3.09. The van der Waals surface area contributed by atoms with Crippen LogP contribution in [0.3, 0.4) is 0 Å². The van der Waals surface area contributed by atoms with Gasteiger partial charge in [-0.25, -0.2) is 4.68 Å². The van der Waals surface area contributed by atoms with Crippen LogP contribution >= 0.6 is 23.2 Å². The van der Waals surface area contributed by atoms with E-state index in [1.165, 1.54) is 10.7 Å². The van der Waals surface area contributed by atoms with E-state index in [0.29, 0.717) is 22.3 Å². The van der Waals surface area contributed by atoms with Crippen molar-refractivity contribution in [1.82, 2.24) is 9.78 Å². The van der Waals surface area contributed by atoms with Crippen molar-refractivity contribution in [3.8, 4) is 0 Å². The third-order valence-electron chi connectivity index (χ3n) is 2.49. The lowest BCUT2D eigenvalue weighted by Gasteiger charge is -2.07. The van der Waals surface area contributed by atoms with E-state index in [1.54, 1.807) is 31.4 Å². The van der Waals surface area contributed by atoms with Gasteiger partial charge in [-0.15, -0.1) is 0 Å². The van der Waals surface area contributed by atoms with E-state index in [4.69, 9.17) is 23.2 Å². The number of nitrogens with zero attached hydrogens (tertiary/aromatic N) is 2. The fourth-order valence-corrected chi connectivity index (χ4v) is 1.89. The van der Waals surface area contributed by atoms with Gasteiger partial charge in [0, 0.05) is 23.2 Å². The molecule has 0 saturated carbocycles. The zero-order valence-corrected chi connectivity index (χ0v) is 11.2. The van der Waals surface area contributed by atoms with Gasteiger partial charge in [0.25, 0.3) is 5.56 Å². The summed E-state index contributed by atoms with van der Waals surface area (Å²) in [6.45, 7) is 0.294. The Morgan fingerprint density at radius 3 is 2.78 bits per heavy atom. The molecule has 18 heavy (non-hydrogen) atoms. The summed E-state index contributed by atoms with van der Waals surface area (Å²) in [4.78, 5) is 11.8. The second kappa shape index (κ2) is 5.42. The summed E-state index contributed by atoms with van der Waals surface area (Å²) < 4.78 is 1.33. The largest absolute Gasteiger partial charge is 0.387 e. The summed E-state index contributed by atoms with van der Waals surface area (Å²) in [7, 11) is 1.73. The van der Waals surface area contributed by atoms with E-state index in [0.717, 1.165) is 5.56 Å². The number of nitrogens with one attached hydrogen (secondary N) is 1. The number of halogens is 2. The van der Waals surface area contributed by atoms with Gasteiger partial charge in [0.15, 0.2) is 0 Å². The number of rotatable bonds is 3. The Kier molecular flexibility index (Phi) is 3.89. The van der Waals surface area contributed by atoms with E-state index in [1.807, 2.05) is 0 Å². The van der Waals surface area contributed by atoms with Crippen LogP contribution < -0.4 is 10.9 Å². The molecule has 2 aromatic rings. The van der Waals surface area contributed by atoms with Crippen molar-refractivity contribution >= 4 is 28.9 Å². The van der Waals surface area contributed by atoms with Crippen LogP contribution in [0.2, 0.25) is 10.0 Å². The molecular formula is C12H11Cl2N3O. The fourth-order valence-electron chi connectivity index (χ4n) is 1.51. The monoisotopic (exact) mass is 283 g/mol. The molecule has 0 aliphatic heterocycles. The highest BCUT2D eigenvalue weighted by Gasteiger charge is 2.05. The van der Waals surface area contributed by atoms with E-state index in [2.05, 4.69) is 10.4 Å². The topological polar surface area (TPSA) is 46.9 Å². The van der Waals surface area contributed by atoms with Crippen LogP contribution in [0.25, 0.3) is 0 Å². The Labute approximate surface area is 114 Å². The Morgan fingerprint density at radius 1 is 1.33 bits per heavy atom. The number of benzene rings is 1. The first-order chi connectivity index (χ1) is 8.60. The Hall–Kier alpha value is -1.52. The second-order valence-corrected chi connectivity index (χ2v) is 4.57. The predicted molar refractivity (Wildman–Crippen MR) is 73.6 cm³/mol. The van der Waals surface area contributed by atoms with Crippen LogP contribution in [0.1, 0.15) is 5.56 Å². The lowest BCUT2D eigenvalue weighted by atomic mass is 10.2. The van der Waals surface area contributed by atoms with Crippen molar-refractivity contribution in [1.29, 1.82) is 0 Å². The minimum Gasteiger partial charge on any atom is -0.387 e. The van der Waals surface area contributed by atoms with E-state index < -0.39 is 0 Å². The highest BCUT2D eigenvalue weighted by molar-refractivity contribution is 6.33. The molecule has 1 aromatic heterocycles. The molecule has 0 unspecified atom stereocenters. The first-order valence-corrected chi connectivity index (χ1v) is 6.04. The summed E-state index contributed by atoms with van der Waals surface area (Å²) in [6, 6.07) is 6.61. The maximum atomic E-state index is 11.8. The molecule has 1 N–H and O–H groups in total. The highest BCUT2D eigenvalue weighted by Crippen LogP contribution is 2.20. The van der Waals surface area contributed by atoms with Gasteiger partial charge in [0.2, 0.25) is 0 Å². The van der Waals surface area contributed by atoms with Gasteiger partial charge in [-0.05, 0) is 23.8 Å². The van der Waals surface area contributed by atoms with Crippen molar-refractivity contribution in [3.05, 3.63) is 56.4 Å². The first kappa shape index (κ1) is 12.9. The van der Waals surface area contributed by atoms with E-state index in [-0.39, 0.29) is 5.56 Å². The van der Waals surface area contributed by atoms with Crippen molar-refractivity contribution in [2.45, 2.75) is 6.54 Å². The summed E-state index contributed by atoms with van der Waals surface area (Å²) >= 11 is 11.9. The first-order valence-electron chi connectivity index (χ1n) is 5.29. The molecule has 0 aliphatic rings. The van der Waals surface area contributed by atoms with Gasteiger partial charge in [-0.3, -0.25) is 4.79 Å². The van der Waals surface area contributed by atoms with Crippen LogP contribution in [-0.2, 0) is 6.54 Å². The summed E-state index contributed by atoms with van der Waals surface area (Å²) in [6.07, 6.45) is 1.58. The highest BCUT2D eigenvalue weighted by atomic mass is 35.5. The molecule has 0 atom stereocenters. The van der Waals surface area contributed by atoms with Crippen molar-refractivity contribution in [2.24, 2.45) is 0 Å². The lowest BCUT2D eigenvalue weighted by Crippen LogP contribution is -2.23. The van der Waals surface area contributed by atoms with Crippen molar-refractivity contribution in [3.63, 3.8) is 0 Å². The smallest absolute Gasteiger partial charge is 0.269 e. The minimum atomic E-state index is -0.196. The number of anilines is 1. The summed E-state index contributed by atoms with van der Waals surface area (Å²) in [5.74, 6) is 0. The van der Waals surface area contributed by atoms with Crippen molar-refractivity contribution in [2.75, 3.05) is 12.4 Å². The lowest BCUT2D eigenvalue weighted by molar-refractivity contribution is 0.640. The molecule has 1 aromatic carbocycles. The molecule has 2 rings (SSSR count). The fraction of sp³-hybridized carbons (Fsp3) is 0.167. The number of hydrogen-bond acceptors (Lipinski definition) is 3. The van der Waals surface area contributed by atoms with Gasteiger partial charge in [-0.2, -0.15) is 5.10 Å². The zero-order valence-electron chi connectivity index (χ0n) is 9.65. The average molecular weight is 284 g/mol. The third kappa shape index (κ3) is 2.83. The minimum absolute atomic E-state index is 0.196. The molecule has 6 heteroatoms. The summed E-state index contributed by atoms with van der Waals surface area (Å²) in [5, 5.41) is 8.05. The molecule has 0 bridgehead atoms. The molecule has 0 amide bonds. The Bertz CT molecular complexity index is 625. The van der Waals surface area contributed by atoms with Gasteiger partial charge in [0.05, 0.1) is 18.4 Å². The standard InChI is InChI=1S/C12H11Cl2N3O/c1-15-10-5-12(18)17(16-6-10)7-8-4-9(13)2-3-11(8)14/h2-6,15H,7H2,1H3. The zero-order chi connectivity index (χ0) is 13.1. The Morgan fingerprint density at radius 2 is 2.11 bits per heavy atom. The molecule has 4 nitrogen and oxygen atoms in total. The summed E-state index contributed by atoms with van der Waals surface area (Å²) in [5.41, 5.74) is 1.24. The second-order valence-electron chi connectivity index (χ2n) is 3.73. The molecule has 0 radical (unpaired) electrons. The quantitative estimate of drug-likeness (QED) is 0.942. The molecular weight excluding hydrogens is 273 g/mol. The van der Waals surface area contributed by atoms with Crippen LogP contribution in [-0.4, -0.2) is 16.8 Å². The van der Waals surface area contributed by atoms with E-state index in [9.17, 15) is 4.79 Å². The maximum absolute atomic E-state index is 11.8. The molecule has 0 fully saturated rings. The van der Waals surface area contributed by atoms with Crippen LogP contribution in [0, 0.1) is 0 Å². The van der Waals surface area contributed by atoms with E-state index >= 15 is 0 Å². The van der Waals surface area contributed by atoms with Crippen LogP contribution in [0.15, 0.2) is 35.3 Å². The SMILES string of the molecule is CNc1cnn(Cc2cc(Cl)ccc2Cl)c(=O)c1. The number of aromatic nitrogens is 2. The molecule has 1 heterocycles. The molecule has 0 aliphatic carbocycles. The normalized spacial score (nSPS) is 10.4. The van der Waals surface area contributed by atoms with Crippen LogP contribution in [0.5, 0.6) is 0 Å². The molecule has 0 saturated heterocycles. The predicted octanol–water partition coefficient (Wildman–Crippen LogP) is 2.64. The van der Waals surface area contributed by atoms with Gasteiger partial charge >= 0.3 is 0 Å². The molecule has 94 valence electrons. The van der Waals surface area contributed by atoms with Gasteiger partial charge in [0.1, 0.15) is 0 Å². The molecule has 0 spiro atoms. The number of hydrogen-bond donors (Lipinski definition) is 1. The van der Waals surface area contributed by atoms with Crippen LogP contribution in [0.4, 0.5) is 5.69 Å². The van der Waals surface area contributed by atoms with Gasteiger partial charge < -0.3 is 5.32 Å². The maximum Gasteiger partial charge on any atom is 0.269 e. The van der Waals surface area contributed by atoms with Crippen molar-refractivity contribution < 1.29 is 0 Å². The Balaban J connectivity index is 2.34.